The first-order valence-electron chi connectivity index (χ1n) is 7.37. The lowest BCUT2D eigenvalue weighted by molar-refractivity contribution is -0.142. The Labute approximate surface area is 150 Å². The standard InChI is InChI=1S/C16H8F9N3/c17-14(18,19)7-2-1-3-9(4-7)26-13-27-11-6-8(15(20,21)22)5-10(12(11)28-13)16(23,24)25/h1-6H,(H2,26,27,28). The van der Waals surface area contributed by atoms with E-state index < -0.39 is 52.2 Å². The first-order valence-corrected chi connectivity index (χ1v) is 7.37. The number of alkyl halides is 9. The molecule has 0 bridgehead atoms. The normalized spacial score (nSPS) is 13.2. The van der Waals surface area contributed by atoms with Gasteiger partial charge in [0.1, 0.15) is 5.52 Å². The van der Waals surface area contributed by atoms with E-state index >= 15 is 0 Å². The van der Waals surface area contributed by atoms with E-state index in [0.29, 0.717) is 12.1 Å². The van der Waals surface area contributed by atoms with Crippen LogP contribution in [0.15, 0.2) is 36.4 Å². The minimum Gasteiger partial charge on any atom is -0.326 e. The fourth-order valence-electron chi connectivity index (χ4n) is 2.47. The van der Waals surface area contributed by atoms with Gasteiger partial charge >= 0.3 is 18.5 Å². The Morgan fingerprint density at radius 3 is 1.96 bits per heavy atom. The molecule has 2 aromatic carbocycles. The molecule has 28 heavy (non-hydrogen) atoms. The fraction of sp³-hybridized carbons (Fsp3) is 0.188. The summed E-state index contributed by atoms with van der Waals surface area (Å²) in [7, 11) is 0. The summed E-state index contributed by atoms with van der Waals surface area (Å²) in [6.07, 6.45) is -14.8. The van der Waals surface area contributed by atoms with Gasteiger partial charge in [0.05, 0.1) is 22.2 Å². The number of imidazole rings is 1. The van der Waals surface area contributed by atoms with E-state index in [4.69, 9.17) is 0 Å². The fourth-order valence-corrected chi connectivity index (χ4v) is 2.47. The Bertz CT molecular complexity index is 1010. The molecule has 12 heteroatoms. The maximum Gasteiger partial charge on any atom is 0.418 e. The molecule has 0 fully saturated rings. The van der Waals surface area contributed by atoms with Crippen LogP contribution in [-0.4, -0.2) is 9.97 Å². The molecule has 0 amide bonds. The maximum absolute atomic E-state index is 13.1. The van der Waals surface area contributed by atoms with Crippen LogP contribution in [0.3, 0.4) is 0 Å². The summed E-state index contributed by atoms with van der Waals surface area (Å²) < 4.78 is 116. The summed E-state index contributed by atoms with van der Waals surface area (Å²) in [5.41, 5.74) is -5.72. The molecule has 0 saturated heterocycles. The number of hydrogen-bond donors (Lipinski definition) is 2. The van der Waals surface area contributed by atoms with E-state index in [0.717, 1.165) is 12.1 Å². The highest BCUT2D eigenvalue weighted by molar-refractivity contribution is 5.83. The van der Waals surface area contributed by atoms with Crippen LogP contribution < -0.4 is 5.32 Å². The third-order valence-corrected chi connectivity index (χ3v) is 3.67. The minimum atomic E-state index is -5.12. The molecule has 3 aromatic rings. The quantitative estimate of drug-likeness (QED) is 0.480. The van der Waals surface area contributed by atoms with Crippen LogP contribution in [0.5, 0.6) is 0 Å². The van der Waals surface area contributed by atoms with Gasteiger partial charge in [0.15, 0.2) is 0 Å². The lowest BCUT2D eigenvalue weighted by Gasteiger charge is -2.11. The lowest BCUT2D eigenvalue weighted by atomic mass is 10.1. The van der Waals surface area contributed by atoms with Gasteiger partial charge in [0, 0.05) is 5.69 Å². The highest BCUT2D eigenvalue weighted by Crippen LogP contribution is 2.40. The number of anilines is 2. The number of H-pyrrole nitrogens is 1. The van der Waals surface area contributed by atoms with E-state index in [-0.39, 0.29) is 11.8 Å². The third-order valence-electron chi connectivity index (χ3n) is 3.67. The SMILES string of the molecule is FC(F)(F)c1cccc(Nc2nc3c(C(F)(F)F)cc(C(F)(F)F)cc3[nH]2)c1. The first kappa shape index (κ1) is 19.8. The topological polar surface area (TPSA) is 40.7 Å². The molecule has 1 aromatic heterocycles. The van der Waals surface area contributed by atoms with Gasteiger partial charge in [-0.2, -0.15) is 39.5 Å². The summed E-state index contributed by atoms with van der Waals surface area (Å²) in [6, 6.07) is 4.07. The van der Waals surface area contributed by atoms with E-state index in [9.17, 15) is 39.5 Å². The minimum absolute atomic E-state index is 0.0722. The monoisotopic (exact) mass is 413 g/mol. The smallest absolute Gasteiger partial charge is 0.326 e. The van der Waals surface area contributed by atoms with Crippen molar-refractivity contribution in [3.63, 3.8) is 0 Å². The van der Waals surface area contributed by atoms with Crippen LogP contribution in [0, 0.1) is 0 Å². The summed E-state index contributed by atoms with van der Waals surface area (Å²) >= 11 is 0. The molecule has 3 nitrogen and oxygen atoms in total. The van der Waals surface area contributed by atoms with Crippen molar-refractivity contribution in [1.29, 1.82) is 0 Å². The zero-order valence-corrected chi connectivity index (χ0v) is 13.3. The van der Waals surface area contributed by atoms with Gasteiger partial charge in [0.2, 0.25) is 5.95 Å². The van der Waals surface area contributed by atoms with Gasteiger partial charge in [0.25, 0.3) is 0 Å². The van der Waals surface area contributed by atoms with Crippen molar-refractivity contribution in [1.82, 2.24) is 9.97 Å². The van der Waals surface area contributed by atoms with E-state index in [2.05, 4.69) is 15.3 Å². The summed E-state index contributed by atoms with van der Waals surface area (Å²) in [4.78, 5) is 5.78. The third kappa shape index (κ3) is 3.99. The van der Waals surface area contributed by atoms with Crippen LogP contribution in [0.25, 0.3) is 11.0 Å². The van der Waals surface area contributed by atoms with Crippen molar-refractivity contribution in [3.05, 3.63) is 53.1 Å². The number of fused-ring (bicyclic) bond motifs is 1. The van der Waals surface area contributed by atoms with Gasteiger partial charge < -0.3 is 10.3 Å². The second kappa shape index (κ2) is 6.31. The van der Waals surface area contributed by atoms with Crippen LogP contribution in [0.2, 0.25) is 0 Å². The van der Waals surface area contributed by atoms with Gasteiger partial charge in [-0.3, -0.25) is 0 Å². The number of nitrogens with one attached hydrogen (secondary N) is 2. The molecule has 1 heterocycles. The number of hydrogen-bond acceptors (Lipinski definition) is 2. The van der Waals surface area contributed by atoms with Crippen molar-refractivity contribution in [2.75, 3.05) is 5.32 Å². The number of rotatable bonds is 2. The molecule has 0 aliphatic rings. The predicted octanol–water partition coefficient (Wildman–Crippen LogP) is 6.36. The molecule has 0 unspecified atom stereocenters. The Morgan fingerprint density at radius 2 is 1.39 bits per heavy atom. The van der Waals surface area contributed by atoms with Crippen LogP contribution in [0.4, 0.5) is 51.1 Å². The number of aromatic nitrogens is 2. The van der Waals surface area contributed by atoms with Crippen molar-refractivity contribution in [2.24, 2.45) is 0 Å². The Kier molecular flexibility index (Phi) is 4.47. The van der Waals surface area contributed by atoms with Crippen molar-refractivity contribution in [3.8, 4) is 0 Å². The molecule has 150 valence electrons. The predicted molar refractivity (Wildman–Crippen MR) is 80.8 cm³/mol. The second-order valence-electron chi connectivity index (χ2n) is 5.70. The molecule has 0 aliphatic heterocycles. The molecular formula is C16H8F9N3. The highest BCUT2D eigenvalue weighted by Gasteiger charge is 2.39. The average Bonchev–Trinajstić information content (AvgIpc) is 2.93. The molecule has 0 atom stereocenters. The number of aromatic amines is 1. The van der Waals surface area contributed by atoms with Crippen molar-refractivity contribution >= 4 is 22.7 Å². The van der Waals surface area contributed by atoms with Gasteiger partial charge in [-0.25, -0.2) is 4.98 Å². The summed E-state index contributed by atoms with van der Waals surface area (Å²) in [6.45, 7) is 0. The van der Waals surface area contributed by atoms with Gasteiger partial charge in [-0.15, -0.1) is 0 Å². The highest BCUT2D eigenvalue weighted by atomic mass is 19.4. The Balaban J connectivity index is 2.07. The average molecular weight is 413 g/mol. The van der Waals surface area contributed by atoms with Crippen molar-refractivity contribution < 1.29 is 39.5 Å². The maximum atomic E-state index is 13.1. The molecular weight excluding hydrogens is 405 g/mol. The Morgan fingerprint density at radius 1 is 0.750 bits per heavy atom. The van der Waals surface area contributed by atoms with Crippen LogP contribution >= 0.6 is 0 Å². The molecule has 2 N–H and O–H groups in total. The lowest BCUT2D eigenvalue weighted by Crippen LogP contribution is -2.11. The van der Waals surface area contributed by atoms with E-state index in [1.807, 2.05) is 0 Å². The molecule has 0 aliphatic carbocycles. The zero-order chi connectivity index (χ0) is 20.9. The summed E-state index contributed by atoms with van der Waals surface area (Å²) in [5, 5.41) is 2.33. The largest absolute Gasteiger partial charge is 0.418 e. The van der Waals surface area contributed by atoms with E-state index in [1.54, 1.807) is 0 Å². The first-order chi connectivity index (χ1) is 12.7. The molecule has 0 radical (unpaired) electrons. The van der Waals surface area contributed by atoms with Crippen LogP contribution in [-0.2, 0) is 18.5 Å². The van der Waals surface area contributed by atoms with E-state index in [1.165, 1.54) is 6.07 Å². The number of benzene rings is 2. The summed E-state index contributed by atoms with van der Waals surface area (Å²) in [5.74, 6) is -0.445. The van der Waals surface area contributed by atoms with Crippen molar-refractivity contribution in [2.45, 2.75) is 18.5 Å². The molecule has 0 saturated carbocycles. The zero-order valence-electron chi connectivity index (χ0n) is 13.3. The van der Waals surface area contributed by atoms with Gasteiger partial charge in [-0.05, 0) is 30.3 Å². The number of halogens is 9. The second-order valence-corrected chi connectivity index (χ2v) is 5.70. The van der Waals surface area contributed by atoms with Gasteiger partial charge in [-0.1, -0.05) is 6.07 Å². The Hall–Kier alpha value is -2.92. The number of nitrogens with zero attached hydrogens (tertiary/aromatic N) is 1. The van der Waals surface area contributed by atoms with Crippen LogP contribution in [0.1, 0.15) is 16.7 Å². The molecule has 0 spiro atoms. The molecule has 3 rings (SSSR count).